The zero-order valence-corrected chi connectivity index (χ0v) is 14.8. The Labute approximate surface area is 157 Å². The minimum absolute atomic E-state index is 0.524. The van der Waals surface area contributed by atoms with Gasteiger partial charge in [0.05, 0.1) is 22.4 Å². The molecule has 6 rings (SSSR count). The lowest BCUT2D eigenvalue weighted by Crippen LogP contribution is -2.04. The molecule has 4 aromatic rings. The zero-order chi connectivity index (χ0) is 17.8. The summed E-state index contributed by atoms with van der Waals surface area (Å²) in [6.07, 6.45) is 10.1. The van der Waals surface area contributed by atoms with Gasteiger partial charge in [-0.05, 0) is 53.8 Å². The van der Waals surface area contributed by atoms with Gasteiger partial charge in [0.25, 0.3) is 0 Å². The van der Waals surface area contributed by atoms with Gasteiger partial charge >= 0.3 is 0 Å². The van der Waals surface area contributed by atoms with Gasteiger partial charge in [-0.2, -0.15) is 0 Å². The molecule has 27 heavy (non-hydrogen) atoms. The van der Waals surface area contributed by atoms with Crippen LogP contribution >= 0.6 is 0 Å². The van der Waals surface area contributed by atoms with Crippen LogP contribution in [0, 0.1) is 5.92 Å². The third kappa shape index (κ3) is 2.33. The molecule has 128 valence electrons. The van der Waals surface area contributed by atoms with Crippen molar-refractivity contribution in [2.75, 3.05) is 0 Å². The number of hydrogen-bond donors (Lipinski definition) is 0. The first kappa shape index (κ1) is 14.9. The lowest BCUT2D eigenvalue weighted by Gasteiger charge is -2.15. The molecule has 0 saturated heterocycles. The van der Waals surface area contributed by atoms with E-state index in [0.717, 1.165) is 34.2 Å². The van der Waals surface area contributed by atoms with Crippen LogP contribution in [0.5, 0.6) is 0 Å². The average Bonchev–Trinajstić information content (AvgIpc) is 3.08. The van der Waals surface area contributed by atoms with E-state index in [0.29, 0.717) is 11.8 Å². The van der Waals surface area contributed by atoms with Crippen LogP contribution in [0.3, 0.4) is 0 Å². The third-order valence-electron chi connectivity index (χ3n) is 5.87. The maximum Gasteiger partial charge on any atom is 0.0894 e. The molecule has 0 bridgehead atoms. The Hall–Kier alpha value is -3.26. The van der Waals surface area contributed by atoms with Crippen molar-refractivity contribution in [1.29, 1.82) is 0 Å². The Balaban J connectivity index is 1.47. The van der Waals surface area contributed by atoms with Crippen molar-refractivity contribution in [3.63, 3.8) is 0 Å². The van der Waals surface area contributed by atoms with E-state index in [4.69, 9.17) is 9.97 Å². The highest BCUT2D eigenvalue weighted by molar-refractivity contribution is 5.85. The molecule has 2 aromatic heterocycles. The summed E-state index contributed by atoms with van der Waals surface area (Å²) in [5.74, 6) is 1.12. The van der Waals surface area contributed by atoms with Crippen LogP contribution in [0.25, 0.3) is 33.2 Å². The fourth-order valence-corrected chi connectivity index (χ4v) is 4.51. The monoisotopic (exact) mass is 346 g/mol. The number of hydrogen-bond acceptors (Lipinski definition) is 2. The SMILES string of the molecule is C1=C[C@@H]2Cc3cc4nc(-c5ccc6ccccc6n5)ccc4cc3[C@H]2C=C1. The highest BCUT2D eigenvalue weighted by atomic mass is 14.8. The summed E-state index contributed by atoms with van der Waals surface area (Å²) >= 11 is 0. The number of pyridine rings is 2. The molecule has 0 fully saturated rings. The predicted molar refractivity (Wildman–Crippen MR) is 111 cm³/mol. The first-order valence-electron chi connectivity index (χ1n) is 9.50. The lowest BCUT2D eigenvalue weighted by molar-refractivity contribution is 0.630. The number of para-hydroxylation sites is 1. The lowest BCUT2D eigenvalue weighted by atomic mass is 9.89. The van der Waals surface area contributed by atoms with Crippen molar-refractivity contribution < 1.29 is 0 Å². The van der Waals surface area contributed by atoms with Gasteiger partial charge in [-0.15, -0.1) is 0 Å². The van der Waals surface area contributed by atoms with Gasteiger partial charge in [0, 0.05) is 16.7 Å². The van der Waals surface area contributed by atoms with Gasteiger partial charge in [0.1, 0.15) is 0 Å². The Bertz CT molecular complexity index is 1270. The predicted octanol–water partition coefficient (Wildman–Crippen LogP) is 5.83. The first-order valence-corrected chi connectivity index (χ1v) is 9.50. The largest absolute Gasteiger partial charge is 0.246 e. The summed E-state index contributed by atoms with van der Waals surface area (Å²) in [6.45, 7) is 0. The van der Waals surface area contributed by atoms with Crippen molar-refractivity contribution in [3.05, 3.63) is 96.1 Å². The van der Waals surface area contributed by atoms with E-state index < -0.39 is 0 Å². The maximum absolute atomic E-state index is 4.95. The second kappa shape index (κ2) is 5.62. The number of nitrogens with zero attached hydrogens (tertiary/aromatic N) is 2. The number of aromatic nitrogens is 2. The summed E-state index contributed by atoms with van der Waals surface area (Å²) in [6, 6.07) is 21.3. The van der Waals surface area contributed by atoms with Gasteiger partial charge in [0.2, 0.25) is 0 Å². The Kier molecular flexibility index (Phi) is 3.09. The van der Waals surface area contributed by atoms with Gasteiger partial charge in [-0.25, -0.2) is 9.97 Å². The van der Waals surface area contributed by atoms with Crippen molar-refractivity contribution in [1.82, 2.24) is 9.97 Å². The second-order valence-corrected chi connectivity index (χ2v) is 7.49. The highest BCUT2D eigenvalue weighted by Gasteiger charge is 2.30. The fraction of sp³-hybridized carbons (Fsp3) is 0.120. The van der Waals surface area contributed by atoms with Crippen molar-refractivity contribution >= 4 is 21.8 Å². The van der Waals surface area contributed by atoms with Crippen LogP contribution in [0.4, 0.5) is 0 Å². The summed E-state index contributed by atoms with van der Waals surface area (Å²) < 4.78 is 0. The fourth-order valence-electron chi connectivity index (χ4n) is 4.51. The van der Waals surface area contributed by atoms with E-state index >= 15 is 0 Å². The molecule has 0 saturated carbocycles. The molecule has 0 N–H and O–H groups in total. The van der Waals surface area contributed by atoms with E-state index in [1.165, 1.54) is 16.5 Å². The minimum atomic E-state index is 0.524. The molecule has 2 aromatic carbocycles. The first-order chi connectivity index (χ1) is 13.3. The molecule has 2 nitrogen and oxygen atoms in total. The van der Waals surface area contributed by atoms with Crippen LogP contribution < -0.4 is 0 Å². The Morgan fingerprint density at radius 1 is 0.704 bits per heavy atom. The summed E-state index contributed by atoms with van der Waals surface area (Å²) in [4.78, 5) is 9.75. The van der Waals surface area contributed by atoms with E-state index in [1.807, 2.05) is 12.1 Å². The molecular weight excluding hydrogens is 328 g/mol. The van der Waals surface area contributed by atoms with Gasteiger partial charge in [0.15, 0.2) is 0 Å². The van der Waals surface area contributed by atoms with Crippen LogP contribution in [0.1, 0.15) is 17.0 Å². The van der Waals surface area contributed by atoms with Crippen molar-refractivity contribution in [3.8, 4) is 11.4 Å². The molecule has 0 spiro atoms. The molecule has 2 atom stereocenters. The quantitative estimate of drug-likeness (QED) is 0.433. The molecule has 0 radical (unpaired) electrons. The number of benzene rings is 2. The zero-order valence-electron chi connectivity index (χ0n) is 14.8. The summed E-state index contributed by atoms with van der Waals surface area (Å²) in [7, 11) is 0. The van der Waals surface area contributed by atoms with E-state index in [9.17, 15) is 0 Å². The molecule has 0 amide bonds. The molecule has 2 heteroatoms. The molecule has 0 aliphatic heterocycles. The molecule has 2 aliphatic rings. The Morgan fingerprint density at radius 3 is 2.41 bits per heavy atom. The number of allylic oxidation sites excluding steroid dienone is 4. The second-order valence-electron chi connectivity index (χ2n) is 7.49. The van der Waals surface area contributed by atoms with Gasteiger partial charge in [-0.3, -0.25) is 0 Å². The van der Waals surface area contributed by atoms with Crippen molar-refractivity contribution in [2.45, 2.75) is 12.3 Å². The smallest absolute Gasteiger partial charge is 0.0894 e. The highest BCUT2D eigenvalue weighted by Crippen LogP contribution is 2.42. The minimum Gasteiger partial charge on any atom is -0.246 e. The number of fused-ring (bicyclic) bond motifs is 5. The van der Waals surface area contributed by atoms with Gasteiger partial charge in [-0.1, -0.05) is 54.6 Å². The maximum atomic E-state index is 4.95. The molecular formula is C25H18N2. The molecule has 0 unspecified atom stereocenters. The molecule has 2 aliphatic carbocycles. The van der Waals surface area contributed by atoms with Gasteiger partial charge < -0.3 is 0 Å². The third-order valence-corrected chi connectivity index (χ3v) is 5.87. The van der Waals surface area contributed by atoms with Crippen LogP contribution in [-0.4, -0.2) is 9.97 Å². The van der Waals surface area contributed by atoms with Crippen LogP contribution in [-0.2, 0) is 6.42 Å². The standard InChI is InChI=1S/C25H18N2/c1-3-7-20-17(6-1)13-19-15-25-18(14-21(19)20)10-12-24(27-25)23-11-9-16-5-2-4-8-22(16)26-23/h1-12,14-15,17,20H,13H2/t17-,20+/m1/s1. The van der Waals surface area contributed by atoms with Crippen LogP contribution in [0.15, 0.2) is 85.0 Å². The normalized spacial score (nSPS) is 20.1. The van der Waals surface area contributed by atoms with E-state index in [1.54, 1.807) is 0 Å². The average molecular weight is 346 g/mol. The topological polar surface area (TPSA) is 25.8 Å². The molecule has 2 heterocycles. The van der Waals surface area contributed by atoms with Crippen LogP contribution in [0.2, 0.25) is 0 Å². The summed E-state index contributed by atoms with van der Waals surface area (Å²) in [5, 5.41) is 2.37. The van der Waals surface area contributed by atoms with E-state index in [-0.39, 0.29) is 0 Å². The van der Waals surface area contributed by atoms with E-state index in [2.05, 4.69) is 72.8 Å². The number of rotatable bonds is 1. The van der Waals surface area contributed by atoms with Crippen molar-refractivity contribution in [2.24, 2.45) is 5.92 Å². The Morgan fingerprint density at radius 2 is 1.48 bits per heavy atom. The summed E-state index contributed by atoms with van der Waals surface area (Å²) in [5.41, 5.74) is 6.83.